The zero-order chi connectivity index (χ0) is 11.4. The van der Waals surface area contributed by atoms with Gasteiger partial charge in [0.05, 0.1) is 6.04 Å². The number of hydrogen-bond acceptors (Lipinski definition) is 2. The molecule has 88 valence electrons. The lowest BCUT2D eigenvalue weighted by molar-refractivity contribution is -0.122. The Morgan fingerprint density at radius 1 is 1.53 bits per heavy atom. The molecule has 1 rings (SSSR count). The monoisotopic (exact) mass is 212 g/mol. The van der Waals surface area contributed by atoms with Gasteiger partial charge in [-0.05, 0) is 31.1 Å². The molecule has 0 aromatic rings. The van der Waals surface area contributed by atoms with Crippen molar-refractivity contribution in [1.82, 2.24) is 5.32 Å². The summed E-state index contributed by atoms with van der Waals surface area (Å²) in [6.07, 6.45) is 4.35. The highest BCUT2D eigenvalue weighted by Gasteiger charge is 2.37. The molecule has 1 saturated carbocycles. The molecular weight excluding hydrogens is 188 g/mol. The number of hydrogen-bond donors (Lipinski definition) is 2. The van der Waals surface area contributed by atoms with Crippen LogP contribution in [0.2, 0.25) is 0 Å². The van der Waals surface area contributed by atoms with Crippen LogP contribution in [0.3, 0.4) is 0 Å². The van der Waals surface area contributed by atoms with Gasteiger partial charge in [-0.3, -0.25) is 4.79 Å². The Morgan fingerprint density at radius 2 is 2.20 bits per heavy atom. The van der Waals surface area contributed by atoms with Crippen molar-refractivity contribution < 1.29 is 4.79 Å². The summed E-state index contributed by atoms with van der Waals surface area (Å²) >= 11 is 0. The largest absolute Gasteiger partial charge is 0.352 e. The Balaban J connectivity index is 2.19. The highest BCUT2D eigenvalue weighted by molar-refractivity contribution is 5.82. The zero-order valence-corrected chi connectivity index (χ0v) is 10.1. The maximum atomic E-state index is 11.6. The third kappa shape index (κ3) is 4.20. The second-order valence-electron chi connectivity index (χ2n) is 5.14. The fourth-order valence-electron chi connectivity index (χ4n) is 2.02. The minimum Gasteiger partial charge on any atom is -0.352 e. The van der Waals surface area contributed by atoms with Crippen LogP contribution in [0.25, 0.3) is 0 Å². The average Bonchev–Trinajstić information content (AvgIpc) is 2.83. The number of carbonyl (C=O) groups is 1. The van der Waals surface area contributed by atoms with Crippen molar-refractivity contribution in [2.45, 2.75) is 58.5 Å². The zero-order valence-electron chi connectivity index (χ0n) is 10.1. The Kier molecular flexibility index (Phi) is 4.58. The van der Waals surface area contributed by atoms with Crippen LogP contribution in [-0.2, 0) is 4.79 Å². The van der Waals surface area contributed by atoms with Gasteiger partial charge in [0.1, 0.15) is 0 Å². The van der Waals surface area contributed by atoms with Crippen LogP contribution in [0.15, 0.2) is 0 Å². The first-order valence-corrected chi connectivity index (χ1v) is 6.10. The molecule has 3 unspecified atom stereocenters. The molecule has 0 heterocycles. The van der Waals surface area contributed by atoms with E-state index in [1.165, 1.54) is 12.8 Å². The first-order chi connectivity index (χ1) is 7.04. The smallest absolute Gasteiger partial charge is 0.237 e. The van der Waals surface area contributed by atoms with E-state index >= 15 is 0 Å². The summed E-state index contributed by atoms with van der Waals surface area (Å²) in [5, 5.41) is 3.03. The quantitative estimate of drug-likeness (QED) is 0.703. The Hall–Kier alpha value is -0.570. The Labute approximate surface area is 92.8 Å². The molecule has 3 nitrogen and oxygen atoms in total. The maximum absolute atomic E-state index is 11.6. The van der Waals surface area contributed by atoms with Crippen LogP contribution < -0.4 is 11.1 Å². The predicted molar refractivity (Wildman–Crippen MR) is 62.4 cm³/mol. The van der Waals surface area contributed by atoms with Gasteiger partial charge in [-0.2, -0.15) is 0 Å². The first kappa shape index (κ1) is 12.5. The molecular formula is C12H24N2O. The van der Waals surface area contributed by atoms with E-state index < -0.39 is 0 Å². The van der Waals surface area contributed by atoms with E-state index in [1.54, 1.807) is 0 Å². The summed E-state index contributed by atoms with van der Waals surface area (Å²) in [6.45, 7) is 6.36. The molecule has 0 saturated heterocycles. The molecule has 3 N–H and O–H groups in total. The van der Waals surface area contributed by atoms with Gasteiger partial charge in [0.25, 0.3) is 0 Å². The number of carbonyl (C=O) groups excluding carboxylic acids is 1. The summed E-state index contributed by atoms with van der Waals surface area (Å²) in [5.41, 5.74) is 5.80. The molecule has 0 spiro atoms. The number of rotatable bonds is 6. The van der Waals surface area contributed by atoms with Crippen molar-refractivity contribution in [3.63, 3.8) is 0 Å². The molecule has 1 fully saturated rings. The first-order valence-electron chi connectivity index (χ1n) is 6.10. The van der Waals surface area contributed by atoms with E-state index in [2.05, 4.69) is 26.1 Å². The normalized spacial score (nSPS) is 26.5. The fraction of sp³-hybridized carbons (Fsp3) is 0.917. The topological polar surface area (TPSA) is 55.1 Å². The van der Waals surface area contributed by atoms with Crippen LogP contribution in [0.1, 0.15) is 46.5 Å². The van der Waals surface area contributed by atoms with Crippen LogP contribution in [0, 0.1) is 11.8 Å². The summed E-state index contributed by atoms with van der Waals surface area (Å²) < 4.78 is 0. The molecule has 3 heteroatoms. The minimum absolute atomic E-state index is 0.0345. The molecule has 0 aromatic carbocycles. The fourth-order valence-corrected chi connectivity index (χ4v) is 2.02. The van der Waals surface area contributed by atoms with Crippen molar-refractivity contribution in [3.05, 3.63) is 0 Å². The van der Waals surface area contributed by atoms with Gasteiger partial charge < -0.3 is 11.1 Å². The molecule has 0 radical (unpaired) electrons. The van der Waals surface area contributed by atoms with E-state index in [9.17, 15) is 4.79 Å². The second-order valence-corrected chi connectivity index (χ2v) is 5.14. The predicted octanol–water partition coefficient (Wildman–Crippen LogP) is 1.66. The number of amides is 1. The van der Waals surface area contributed by atoms with Crippen molar-refractivity contribution in [1.29, 1.82) is 0 Å². The second kappa shape index (κ2) is 5.50. The van der Waals surface area contributed by atoms with E-state index in [1.807, 2.05) is 0 Å². The van der Waals surface area contributed by atoms with Gasteiger partial charge in [-0.1, -0.05) is 27.2 Å². The summed E-state index contributed by atoms with van der Waals surface area (Å²) in [6, 6.07) is 0.0866. The van der Waals surface area contributed by atoms with Crippen LogP contribution in [-0.4, -0.2) is 18.0 Å². The third-order valence-corrected chi connectivity index (χ3v) is 2.97. The highest BCUT2D eigenvalue weighted by atomic mass is 16.2. The summed E-state index contributed by atoms with van der Waals surface area (Å²) in [7, 11) is 0. The van der Waals surface area contributed by atoms with Crippen molar-refractivity contribution in [3.8, 4) is 0 Å². The molecule has 3 atom stereocenters. The van der Waals surface area contributed by atoms with Gasteiger partial charge in [0.15, 0.2) is 0 Å². The molecule has 0 aliphatic heterocycles. The SMILES string of the molecule is CCCC1CC1NC(=O)C(N)CC(C)C. The summed E-state index contributed by atoms with van der Waals surface area (Å²) in [4.78, 5) is 11.6. The van der Waals surface area contributed by atoms with Crippen LogP contribution in [0.5, 0.6) is 0 Å². The molecule has 1 amide bonds. The highest BCUT2D eigenvalue weighted by Crippen LogP contribution is 2.34. The van der Waals surface area contributed by atoms with Crippen LogP contribution >= 0.6 is 0 Å². The van der Waals surface area contributed by atoms with Crippen molar-refractivity contribution in [2.75, 3.05) is 0 Å². The molecule has 0 bridgehead atoms. The van der Waals surface area contributed by atoms with Crippen molar-refractivity contribution >= 4 is 5.91 Å². The van der Waals surface area contributed by atoms with Gasteiger partial charge in [-0.25, -0.2) is 0 Å². The maximum Gasteiger partial charge on any atom is 0.237 e. The molecule has 15 heavy (non-hydrogen) atoms. The minimum atomic E-state index is -0.326. The molecule has 1 aliphatic carbocycles. The molecule has 0 aromatic heterocycles. The lowest BCUT2D eigenvalue weighted by Gasteiger charge is -2.14. The standard InChI is InChI=1S/C12H24N2O/c1-4-5-9-7-11(9)14-12(15)10(13)6-8(2)3/h8-11H,4-7,13H2,1-3H3,(H,14,15). The van der Waals surface area contributed by atoms with E-state index in [4.69, 9.17) is 5.73 Å². The lowest BCUT2D eigenvalue weighted by Crippen LogP contribution is -2.42. The van der Waals surface area contributed by atoms with Gasteiger partial charge in [0, 0.05) is 6.04 Å². The van der Waals surface area contributed by atoms with E-state index in [0.29, 0.717) is 17.9 Å². The molecule has 1 aliphatic rings. The average molecular weight is 212 g/mol. The van der Waals surface area contributed by atoms with Crippen LogP contribution in [0.4, 0.5) is 0 Å². The Morgan fingerprint density at radius 3 is 2.73 bits per heavy atom. The van der Waals surface area contributed by atoms with Crippen molar-refractivity contribution in [2.24, 2.45) is 17.6 Å². The van der Waals surface area contributed by atoms with Gasteiger partial charge >= 0.3 is 0 Å². The van der Waals surface area contributed by atoms with E-state index in [0.717, 1.165) is 12.8 Å². The number of nitrogens with one attached hydrogen (secondary N) is 1. The summed E-state index contributed by atoms with van der Waals surface area (Å²) in [5.74, 6) is 1.23. The third-order valence-electron chi connectivity index (χ3n) is 2.97. The number of nitrogens with two attached hydrogens (primary N) is 1. The lowest BCUT2D eigenvalue weighted by atomic mass is 10.0. The van der Waals surface area contributed by atoms with E-state index in [-0.39, 0.29) is 11.9 Å². The Bertz CT molecular complexity index is 216. The van der Waals surface area contributed by atoms with Gasteiger partial charge in [0.2, 0.25) is 5.91 Å². The van der Waals surface area contributed by atoms with Gasteiger partial charge in [-0.15, -0.1) is 0 Å².